The summed E-state index contributed by atoms with van der Waals surface area (Å²) in [6.07, 6.45) is 9.51. The Labute approximate surface area is 211 Å². The number of nitrogens with zero attached hydrogens (tertiary/aromatic N) is 7. The van der Waals surface area contributed by atoms with Gasteiger partial charge in [0.15, 0.2) is 5.82 Å². The third kappa shape index (κ3) is 4.29. The van der Waals surface area contributed by atoms with Crippen LogP contribution in [0, 0.1) is 5.82 Å². The van der Waals surface area contributed by atoms with Crippen molar-refractivity contribution in [1.29, 1.82) is 0 Å². The molecule has 0 spiro atoms. The molecule has 1 atom stereocenters. The smallest absolute Gasteiger partial charge is 0.156 e. The number of aryl methyl sites for hydroxylation is 1. The molecule has 0 aliphatic carbocycles. The van der Waals surface area contributed by atoms with E-state index in [1.54, 1.807) is 53.6 Å². The summed E-state index contributed by atoms with van der Waals surface area (Å²) in [5.74, 6) is 0.518. The van der Waals surface area contributed by atoms with E-state index in [9.17, 15) is 0 Å². The molecule has 182 valence electrons. The van der Waals surface area contributed by atoms with Crippen molar-refractivity contribution in [2.45, 2.75) is 13.0 Å². The number of nitrogens with one attached hydrogen (secondary N) is 1. The van der Waals surface area contributed by atoms with Crippen LogP contribution in [-0.2, 0) is 7.05 Å². The molecule has 0 bridgehead atoms. The number of hydrogen-bond donors (Lipinski definition) is 1. The summed E-state index contributed by atoms with van der Waals surface area (Å²) in [5.41, 5.74) is 3.97. The molecule has 0 saturated carbocycles. The molecule has 0 fully saturated rings. The van der Waals surface area contributed by atoms with Crippen molar-refractivity contribution in [3.05, 3.63) is 91.4 Å². The van der Waals surface area contributed by atoms with E-state index in [1.165, 1.54) is 12.7 Å². The Bertz CT molecular complexity index is 1740. The van der Waals surface area contributed by atoms with Crippen molar-refractivity contribution in [2.24, 2.45) is 7.05 Å². The lowest BCUT2D eigenvalue weighted by Crippen LogP contribution is -2.07. The molecule has 0 saturated heterocycles. The van der Waals surface area contributed by atoms with Gasteiger partial charge in [-0.2, -0.15) is 5.10 Å². The minimum atomic E-state index is -0.416. The molecule has 10 heteroatoms. The van der Waals surface area contributed by atoms with Crippen LogP contribution in [0.4, 0.5) is 15.9 Å². The molecular weight excluding hydrogens is 471 g/mol. The predicted molar refractivity (Wildman–Crippen MR) is 138 cm³/mol. The van der Waals surface area contributed by atoms with E-state index in [1.807, 2.05) is 32.3 Å². The lowest BCUT2D eigenvalue weighted by Gasteiger charge is -2.18. The lowest BCUT2D eigenvalue weighted by atomic mass is 10.1. The fourth-order valence-electron chi connectivity index (χ4n) is 4.21. The summed E-state index contributed by atoms with van der Waals surface area (Å²) in [7, 11) is 1.86. The largest absolute Gasteiger partial charge is 0.484 e. The molecule has 4 aromatic heterocycles. The number of benzene rings is 2. The first-order valence-corrected chi connectivity index (χ1v) is 11.6. The number of aromatic nitrogens is 7. The van der Waals surface area contributed by atoms with Crippen LogP contribution in [0.5, 0.6) is 5.75 Å². The Morgan fingerprint density at radius 3 is 2.68 bits per heavy atom. The average Bonchev–Trinajstić information content (AvgIpc) is 3.37. The van der Waals surface area contributed by atoms with Crippen LogP contribution in [0.3, 0.4) is 0 Å². The fourth-order valence-corrected chi connectivity index (χ4v) is 4.21. The Balaban J connectivity index is 1.49. The number of halogens is 1. The first-order valence-electron chi connectivity index (χ1n) is 11.6. The maximum absolute atomic E-state index is 15.4. The van der Waals surface area contributed by atoms with E-state index in [4.69, 9.17) is 4.74 Å². The van der Waals surface area contributed by atoms with Gasteiger partial charge in [0.2, 0.25) is 0 Å². The van der Waals surface area contributed by atoms with E-state index >= 15 is 4.39 Å². The molecule has 2 aromatic carbocycles. The Kier molecular flexibility index (Phi) is 5.61. The minimum Gasteiger partial charge on any atom is -0.484 e. The number of rotatable bonds is 6. The highest BCUT2D eigenvalue weighted by atomic mass is 19.1. The van der Waals surface area contributed by atoms with E-state index in [0.29, 0.717) is 33.4 Å². The SMILES string of the molecule is CC(Oc1cc(-c2cnn(C)c2)cc2ncnc(Nc3ccc4ncccc4c3F)c12)c1ccncn1. The van der Waals surface area contributed by atoms with Gasteiger partial charge in [-0.3, -0.25) is 9.67 Å². The third-order valence-corrected chi connectivity index (χ3v) is 6.04. The number of anilines is 2. The number of hydrogen-bond acceptors (Lipinski definition) is 8. The molecule has 37 heavy (non-hydrogen) atoms. The van der Waals surface area contributed by atoms with E-state index in [-0.39, 0.29) is 5.69 Å². The van der Waals surface area contributed by atoms with Crippen molar-refractivity contribution >= 4 is 33.3 Å². The van der Waals surface area contributed by atoms with Gasteiger partial charge < -0.3 is 10.1 Å². The molecule has 0 aliphatic rings. The standard InChI is InChI=1S/C27H21FN8O/c1-16(20-7-9-29-14-31-20)37-24-11-17(18-12-34-36(2)13-18)10-23-25(24)27(33-15-32-23)35-22-6-5-21-19(26(22)28)4-3-8-30-21/h3-16H,1-2H3,(H,32,33,35). The topological polar surface area (TPSA) is 104 Å². The van der Waals surface area contributed by atoms with Crippen LogP contribution < -0.4 is 10.1 Å². The Morgan fingerprint density at radius 2 is 1.86 bits per heavy atom. The second kappa shape index (κ2) is 9.23. The highest BCUT2D eigenvalue weighted by Crippen LogP contribution is 2.38. The van der Waals surface area contributed by atoms with Crippen LogP contribution >= 0.6 is 0 Å². The van der Waals surface area contributed by atoms with E-state index in [2.05, 4.69) is 35.3 Å². The summed E-state index contributed by atoms with van der Waals surface area (Å²) >= 11 is 0. The number of pyridine rings is 1. The second-order valence-corrected chi connectivity index (χ2v) is 8.51. The summed E-state index contributed by atoms with van der Waals surface area (Å²) < 4.78 is 23.5. The van der Waals surface area contributed by atoms with E-state index < -0.39 is 11.9 Å². The van der Waals surface area contributed by atoms with Gasteiger partial charge in [0.1, 0.15) is 30.3 Å². The first-order chi connectivity index (χ1) is 18.1. The predicted octanol–water partition coefficient (Wildman–Crippen LogP) is 5.39. The van der Waals surface area contributed by atoms with Crippen molar-refractivity contribution in [2.75, 3.05) is 5.32 Å². The van der Waals surface area contributed by atoms with Gasteiger partial charge in [0, 0.05) is 36.6 Å². The molecule has 9 nitrogen and oxygen atoms in total. The van der Waals surface area contributed by atoms with Gasteiger partial charge in [-0.25, -0.2) is 24.3 Å². The maximum atomic E-state index is 15.4. The zero-order valence-electron chi connectivity index (χ0n) is 20.0. The molecule has 6 aromatic rings. The summed E-state index contributed by atoms with van der Waals surface area (Å²) in [6.45, 7) is 1.90. The van der Waals surface area contributed by atoms with Crippen LogP contribution in [0.2, 0.25) is 0 Å². The molecule has 0 aliphatic heterocycles. The van der Waals surface area contributed by atoms with Crippen molar-refractivity contribution in [1.82, 2.24) is 34.7 Å². The van der Waals surface area contributed by atoms with Gasteiger partial charge in [-0.1, -0.05) is 0 Å². The second-order valence-electron chi connectivity index (χ2n) is 8.51. The Hall–Kier alpha value is -4.99. The fraction of sp³-hybridized carbons (Fsp3) is 0.111. The quantitative estimate of drug-likeness (QED) is 0.330. The van der Waals surface area contributed by atoms with Crippen LogP contribution in [0.15, 0.2) is 79.9 Å². The normalized spacial score (nSPS) is 12.1. The van der Waals surface area contributed by atoms with Crippen molar-refractivity contribution < 1.29 is 9.13 Å². The maximum Gasteiger partial charge on any atom is 0.156 e. The highest BCUT2D eigenvalue weighted by Gasteiger charge is 2.19. The minimum absolute atomic E-state index is 0.270. The van der Waals surface area contributed by atoms with Crippen LogP contribution in [0.25, 0.3) is 32.9 Å². The molecule has 1 N–H and O–H groups in total. The summed E-state index contributed by atoms with van der Waals surface area (Å²) in [6, 6.07) is 12.4. The van der Waals surface area contributed by atoms with Crippen LogP contribution in [-0.4, -0.2) is 34.7 Å². The van der Waals surface area contributed by atoms with Gasteiger partial charge in [-0.15, -0.1) is 0 Å². The molecule has 1 unspecified atom stereocenters. The lowest BCUT2D eigenvalue weighted by molar-refractivity contribution is 0.225. The van der Waals surface area contributed by atoms with Gasteiger partial charge >= 0.3 is 0 Å². The highest BCUT2D eigenvalue weighted by molar-refractivity contribution is 5.99. The first kappa shape index (κ1) is 22.5. The monoisotopic (exact) mass is 492 g/mol. The van der Waals surface area contributed by atoms with Crippen molar-refractivity contribution in [3.8, 4) is 16.9 Å². The molecular formula is C27H21FN8O. The van der Waals surface area contributed by atoms with Gasteiger partial charge in [0.05, 0.1) is 34.0 Å². The van der Waals surface area contributed by atoms with Crippen molar-refractivity contribution in [3.63, 3.8) is 0 Å². The van der Waals surface area contributed by atoms with Gasteiger partial charge in [0.25, 0.3) is 0 Å². The molecule has 4 heterocycles. The molecule has 0 amide bonds. The number of fused-ring (bicyclic) bond motifs is 2. The zero-order chi connectivity index (χ0) is 25.4. The summed E-state index contributed by atoms with van der Waals surface area (Å²) in [4.78, 5) is 21.5. The Morgan fingerprint density at radius 1 is 0.946 bits per heavy atom. The zero-order valence-corrected chi connectivity index (χ0v) is 20.0. The molecule has 6 rings (SSSR count). The average molecular weight is 493 g/mol. The molecule has 0 radical (unpaired) electrons. The van der Waals surface area contributed by atoms with E-state index in [0.717, 1.165) is 16.8 Å². The van der Waals surface area contributed by atoms with Gasteiger partial charge in [-0.05, 0) is 55.0 Å². The van der Waals surface area contributed by atoms with Crippen LogP contribution in [0.1, 0.15) is 18.7 Å². The third-order valence-electron chi connectivity index (χ3n) is 6.04. The number of ether oxygens (including phenoxy) is 1. The summed E-state index contributed by atoms with van der Waals surface area (Å²) in [5, 5.41) is 8.46.